The fraction of sp³-hybridized carbons (Fsp3) is 0.567. The van der Waals surface area contributed by atoms with Crippen molar-refractivity contribution in [3.63, 3.8) is 0 Å². The van der Waals surface area contributed by atoms with Crippen LogP contribution in [0.5, 0.6) is 5.75 Å². The van der Waals surface area contributed by atoms with Crippen LogP contribution in [0.4, 0.5) is 0 Å². The zero-order valence-electron chi connectivity index (χ0n) is 25.7. The molecule has 4 rings (SSSR count). The highest BCUT2D eigenvalue weighted by Gasteiger charge is 2.37. The van der Waals surface area contributed by atoms with Gasteiger partial charge in [-0.05, 0) is 44.9 Å². The highest BCUT2D eigenvalue weighted by atomic mass is 35.5. The number of ether oxygens (including phenoxy) is 1. The number of amides is 4. The smallest absolute Gasteiger partial charge is 0.322 e. The van der Waals surface area contributed by atoms with Crippen molar-refractivity contribution in [3.05, 3.63) is 29.5 Å². The molecule has 13 nitrogen and oxygen atoms in total. The number of aromatic nitrogens is 1. The first kappa shape index (κ1) is 34.6. The van der Waals surface area contributed by atoms with E-state index in [9.17, 15) is 24.0 Å². The zero-order valence-corrected chi connectivity index (χ0v) is 26.5. The van der Waals surface area contributed by atoms with E-state index in [2.05, 4.69) is 16.0 Å². The van der Waals surface area contributed by atoms with Crippen LogP contribution in [0.1, 0.15) is 59.9 Å². The number of nitrogens with one attached hydrogen (secondary N) is 3. The Morgan fingerprint density at radius 3 is 2.25 bits per heavy atom. The monoisotopic (exact) mass is 634 g/mol. The second kappa shape index (κ2) is 15.2. The number of piperazine rings is 1. The first-order valence-corrected chi connectivity index (χ1v) is 14.8. The second-order valence-corrected chi connectivity index (χ2v) is 11.3. The molecular formula is C30H43ClN6O7. The van der Waals surface area contributed by atoms with Crippen LogP contribution in [0.15, 0.2) is 18.2 Å². The number of hydrogen-bond donors (Lipinski definition) is 4. The van der Waals surface area contributed by atoms with Crippen LogP contribution in [-0.4, -0.2) is 108 Å². The van der Waals surface area contributed by atoms with Gasteiger partial charge in [-0.1, -0.05) is 19.3 Å². The van der Waals surface area contributed by atoms with Crippen LogP contribution < -0.4 is 20.7 Å². The molecule has 2 fully saturated rings. The molecule has 1 aliphatic heterocycles. The summed E-state index contributed by atoms with van der Waals surface area (Å²) in [6, 6.07) is 4.00. The normalized spacial score (nSPS) is 16.9. The molecule has 2 heterocycles. The van der Waals surface area contributed by atoms with Gasteiger partial charge in [0.15, 0.2) is 0 Å². The Bertz CT molecular complexity index is 1380. The highest BCUT2D eigenvalue weighted by molar-refractivity contribution is 6.16. The molecule has 2 atom stereocenters. The van der Waals surface area contributed by atoms with Crippen LogP contribution in [0, 0.1) is 5.92 Å². The third-order valence-corrected chi connectivity index (χ3v) is 8.63. The number of methoxy groups -OCH3 is 1. The first-order valence-electron chi connectivity index (χ1n) is 14.8. The lowest BCUT2D eigenvalue weighted by Crippen LogP contribution is -2.59. The minimum absolute atomic E-state index is 0. The summed E-state index contributed by atoms with van der Waals surface area (Å²) in [5.41, 5.74) is 0.793. The molecule has 4 N–H and O–H groups in total. The van der Waals surface area contributed by atoms with E-state index in [1.54, 1.807) is 53.6 Å². The average molecular weight is 635 g/mol. The molecular weight excluding hydrogens is 592 g/mol. The van der Waals surface area contributed by atoms with Gasteiger partial charge in [0.2, 0.25) is 11.8 Å². The number of halogens is 1. The summed E-state index contributed by atoms with van der Waals surface area (Å²) in [7, 11) is 4.89. The van der Waals surface area contributed by atoms with E-state index in [1.165, 1.54) is 7.11 Å². The summed E-state index contributed by atoms with van der Waals surface area (Å²) in [4.78, 5) is 68.1. The molecule has 0 bridgehead atoms. The Balaban J connectivity index is 0.00000529. The van der Waals surface area contributed by atoms with Crippen molar-refractivity contribution in [2.45, 2.75) is 51.1 Å². The number of hydrogen-bond acceptors (Lipinski definition) is 7. The quantitative estimate of drug-likeness (QED) is 0.305. The Morgan fingerprint density at radius 2 is 1.66 bits per heavy atom. The fourth-order valence-corrected chi connectivity index (χ4v) is 6.00. The summed E-state index contributed by atoms with van der Waals surface area (Å²) in [6.45, 7) is 2.20. The maximum Gasteiger partial charge on any atom is 0.322 e. The largest absolute Gasteiger partial charge is 0.497 e. The van der Waals surface area contributed by atoms with Crippen molar-refractivity contribution in [1.29, 1.82) is 0 Å². The molecule has 242 valence electrons. The van der Waals surface area contributed by atoms with Crippen molar-refractivity contribution in [1.82, 2.24) is 30.3 Å². The number of rotatable bonds is 10. The zero-order chi connectivity index (χ0) is 31.3. The molecule has 0 radical (unpaired) electrons. The number of carboxylic acid groups (broad SMARTS) is 1. The fourth-order valence-electron chi connectivity index (χ4n) is 6.00. The van der Waals surface area contributed by atoms with Gasteiger partial charge in [0.05, 0.1) is 24.2 Å². The Labute approximate surface area is 263 Å². The number of carbonyl (C=O) groups is 5. The first-order chi connectivity index (χ1) is 20.6. The highest BCUT2D eigenvalue weighted by Crippen LogP contribution is 2.31. The standard InChI is InChI=1S/C30H42N6O7.ClH/c1-18(31-2)27(39)33-25(19-8-6-5-7-9-19)29(41)35-12-14-36(15-13-35)30(42)26-24(28(40)32-17-23(37)38)21-11-10-20(43-4)16-22(21)34(26)3;/h10-11,16,18-19,25,31H,5-9,12-15,17H2,1-4H3,(H,32,40)(H,33,39)(H,37,38);1H. The van der Waals surface area contributed by atoms with Crippen LogP contribution in [-0.2, 0) is 21.4 Å². The lowest BCUT2D eigenvalue weighted by atomic mass is 9.83. The van der Waals surface area contributed by atoms with Crippen molar-refractivity contribution in [2.75, 3.05) is 46.9 Å². The third kappa shape index (κ3) is 7.44. The third-order valence-electron chi connectivity index (χ3n) is 8.63. The Hall–Kier alpha value is -3.84. The van der Waals surface area contributed by atoms with Gasteiger partial charge in [-0.15, -0.1) is 12.4 Å². The molecule has 2 unspecified atom stereocenters. The number of fused-ring (bicyclic) bond motifs is 1. The van der Waals surface area contributed by atoms with Crippen LogP contribution in [0.2, 0.25) is 0 Å². The van der Waals surface area contributed by atoms with Crippen LogP contribution >= 0.6 is 12.4 Å². The van der Waals surface area contributed by atoms with E-state index in [1.807, 2.05) is 0 Å². The van der Waals surface area contributed by atoms with Crippen molar-refractivity contribution in [3.8, 4) is 5.75 Å². The van der Waals surface area contributed by atoms with E-state index in [4.69, 9.17) is 9.84 Å². The second-order valence-electron chi connectivity index (χ2n) is 11.3. The van der Waals surface area contributed by atoms with Crippen LogP contribution in [0.25, 0.3) is 10.9 Å². The SMILES string of the molecule is CNC(C)C(=O)NC(C(=O)N1CCN(C(=O)c2c(C(=O)NCC(=O)O)c3ccc(OC)cc3n2C)CC1)C1CCCCC1.Cl. The van der Waals surface area contributed by atoms with Gasteiger partial charge >= 0.3 is 5.97 Å². The van der Waals surface area contributed by atoms with Crippen molar-refractivity contribution in [2.24, 2.45) is 13.0 Å². The lowest BCUT2D eigenvalue weighted by molar-refractivity contribution is -0.140. The van der Waals surface area contributed by atoms with Crippen LogP contribution in [0.3, 0.4) is 0 Å². The molecule has 14 heteroatoms. The molecule has 1 aliphatic carbocycles. The van der Waals surface area contributed by atoms with Crippen molar-refractivity contribution >= 4 is 52.9 Å². The maximum atomic E-state index is 13.9. The van der Waals surface area contributed by atoms with E-state index >= 15 is 0 Å². The molecule has 2 aromatic rings. The summed E-state index contributed by atoms with van der Waals surface area (Å²) in [6.07, 6.45) is 4.92. The molecule has 4 amide bonds. The number of benzene rings is 1. The maximum absolute atomic E-state index is 13.9. The molecule has 1 aromatic heterocycles. The number of aliphatic carboxylic acids is 1. The minimum Gasteiger partial charge on any atom is -0.497 e. The summed E-state index contributed by atoms with van der Waals surface area (Å²) >= 11 is 0. The number of nitrogens with zero attached hydrogens (tertiary/aromatic N) is 3. The number of likely N-dealkylation sites (N-methyl/N-ethyl adjacent to an activating group) is 1. The Morgan fingerprint density at radius 1 is 1.02 bits per heavy atom. The van der Waals surface area contributed by atoms with E-state index in [-0.39, 0.29) is 67.6 Å². The van der Waals surface area contributed by atoms with Gasteiger partial charge in [-0.3, -0.25) is 24.0 Å². The van der Waals surface area contributed by atoms with Gasteiger partial charge in [0, 0.05) is 44.7 Å². The summed E-state index contributed by atoms with van der Waals surface area (Å²) in [5.74, 6) is -2.02. The number of carbonyl (C=O) groups excluding carboxylic acids is 4. The van der Waals surface area contributed by atoms with E-state index in [0.717, 1.165) is 32.1 Å². The van der Waals surface area contributed by atoms with Gasteiger partial charge < -0.3 is 40.2 Å². The topological polar surface area (TPSA) is 162 Å². The van der Waals surface area contributed by atoms with E-state index < -0.39 is 36.4 Å². The lowest BCUT2D eigenvalue weighted by Gasteiger charge is -2.39. The van der Waals surface area contributed by atoms with E-state index in [0.29, 0.717) is 16.7 Å². The minimum atomic E-state index is -1.20. The number of aryl methyl sites for hydroxylation is 1. The summed E-state index contributed by atoms with van der Waals surface area (Å²) in [5, 5.41) is 17.9. The van der Waals surface area contributed by atoms with Gasteiger partial charge in [-0.2, -0.15) is 0 Å². The predicted molar refractivity (Wildman–Crippen MR) is 166 cm³/mol. The van der Waals surface area contributed by atoms with Gasteiger partial charge in [0.1, 0.15) is 24.0 Å². The molecule has 0 spiro atoms. The molecule has 44 heavy (non-hydrogen) atoms. The molecule has 1 aromatic carbocycles. The predicted octanol–water partition coefficient (Wildman–Crippen LogP) is 1.38. The molecule has 2 aliphatic rings. The molecule has 1 saturated heterocycles. The summed E-state index contributed by atoms with van der Waals surface area (Å²) < 4.78 is 6.95. The molecule has 1 saturated carbocycles. The Kier molecular flexibility index (Phi) is 12.0. The van der Waals surface area contributed by atoms with Crippen molar-refractivity contribution < 1.29 is 33.8 Å². The number of carboxylic acids is 1. The van der Waals surface area contributed by atoms with Gasteiger partial charge in [0.25, 0.3) is 11.8 Å². The average Bonchev–Trinajstić information content (AvgIpc) is 3.32. The van der Waals surface area contributed by atoms with Gasteiger partial charge in [-0.25, -0.2) is 0 Å².